The van der Waals surface area contributed by atoms with E-state index in [4.69, 9.17) is 4.98 Å². The molecule has 0 aromatic carbocycles. The molecule has 1 aliphatic rings. The van der Waals surface area contributed by atoms with E-state index in [0.717, 1.165) is 17.5 Å². The van der Waals surface area contributed by atoms with Crippen LogP contribution in [0, 0.1) is 0 Å². The zero-order valence-electron chi connectivity index (χ0n) is 11.1. The van der Waals surface area contributed by atoms with Gasteiger partial charge in [0.2, 0.25) is 5.13 Å². The largest absolute Gasteiger partial charge is 0.343 e. The van der Waals surface area contributed by atoms with Gasteiger partial charge in [0, 0.05) is 35.3 Å². The van der Waals surface area contributed by atoms with Crippen LogP contribution >= 0.6 is 23.3 Å². The van der Waals surface area contributed by atoms with Crippen LogP contribution in [0.5, 0.6) is 0 Å². The molecule has 3 nitrogen and oxygen atoms in total. The van der Waals surface area contributed by atoms with Crippen LogP contribution in [0.25, 0.3) is 0 Å². The first-order chi connectivity index (χ1) is 8.02. The zero-order chi connectivity index (χ0) is 12.5. The molecule has 17 heavy (non-hydrogen) atoms. The summed E-state index contributed by atoms with van der Waals surface area (Å²) in [5.74, 6) is 2.18. The summed E-state index contributed by atoms with van der Waals surface area (Å²) in [4.78, 5) is 7.17. The third kappa shape index (κ3) is 2.94. The third-order valence-electron chi connectivity index (χ3n) is 3.07. The second kappa shape index (κ2) is 5.14. The highest BCUT2D eigenvalue weighted by molar-refractivity contribution is 7.98. The molecule has 2 heterocycles. The summed E-state index contributed by atoms with van der Waals surface area (Å²) in [6.45, 7) is 7.65. The van der Waals surface area contributed by atoms with Crippen molar-refractivity contribution < 1.29 is 0 Å². The molecule has 1 aliphatic heterocycles. The Morgan fingerprint density at radius 1 is 1.47 bits per heavy atom. The van der Waals surface area contributed by atoms with Crippen molar-refractivity contribution in [1.29, 1.82) is 0 Å². The van der Waals surface area contributed by atoms with E-state index < -0.39 is 0 Å². The lowest BCUT2D eigenvalue weighted by atomic mass is 9.96. The Morgan fingerprint density at radius 3 is 2.82 bits per heavy atom. The minimum Gasteiger partial charge on any atom is -0.343 e. The Balaban J connectivity index is 2.14. The molecule has 2 rings (SSSR count). The molecule has 1 aromatic rings. The zero-order valence-corrected chi connectivity index (χ0v) is 12.7. The van der Waals surface area contributed by atoms with Crippen molar-refractivity contribution in [3.05, 3.63) is 5.82 Å². The fourth-order valence-electron chi connectivity index (χ4n) is 2.09. The maximum Gasteiger partial charge on any atom is 0.205 e. The Labute approximate surface area is 112 Å². The number of rotatable bonds is 3. The second-order valence-electron chi connectivity index (χ2n) is 5.60. The smallest absolute Gasteiger partial charge is 0.205 e. The van der Waals surface area contributed by atoms with E-state index in [1.807, 2.05) is 11.8 Å². The molecule has 0 aliphatic carbocycles. The van der Waals surface area contributed by atoms with Crippen LogP contribution in [0.3, 0.4) is 0 Å². The van der Waals surface area contributed by atoms with Gasteiger partial charge in [-0.05, 0) is 19.1 Å². The van der Waals surface area contributed by atoms with E-state index in [1.165, 1.54) is 18.6 Å². The fraction of sp³-hybridized carbons (Fsp3) is 0.833. The van der Waals surface area contributed by atoms with Crippen LogP contribution in [-0.4, -0.2) is 34.0 Å². The molecule has 1 saturated heterocycles. The summed E-state index contributed by atoms with van der Waals surface area (Å²) >= 11 is 3.48. The molecule has 0 N–H and O–H groups in total. The monoisotopic (exact) mass is 271 g/mol. The molecular weight excluding hydrogens is 250 g/mol. The summed E-state index contributed by atoms with van der Waals surface area (Å²) in [7, 11) is 0. The first-order valence-corrected chi connectivity index (χ1v) is 8.29. The van der Waals surface area contributed by atoms with E-state index in [1.54, 1.807) is 11.5 Å². The van der Waals surface area contributed by atoms with Gasteiger partial charge >= 0.3 is 0 Å². The summed E-state index contributed by atoms with van der Waals surface area (Å²) in [6, 6.07) is 0.658. The number of hydrogen-bond donors (Lipinski definition) is 0. The number of hydrogen-bond acceptors (Lipinski definition) is 5. The molecule has 0 amide bonds. The Bertz CT molecular complexity index is 370. The Kier molecular flexibility index (Phi) is 3.98. The molecule has 1 unspecified atom stereocenters. The highest BCUT2D eigenvalue weighted by Gasteiger charge is 2.28. The van der Waals surface area contributed by atoms with E-state index >= 15 is 0 Å². The van der Waals surface area contributed by atoms with Gasteiger partial charge < -0.3 is 4.90 Å². The average molecular weight is 271 g/mol. The van der Waals surface area contributed by atoms with Crippen molar-refractivity contribution in [2.45, 2.75) is 45.1 Å². The quantitative estimate of drug-likeness (QED) is 0.844. The van der Waals surface area contributed by atoms with E-state index in [0.29, 0.717) is 6.04 Å². The van der Waals surface area contributed by atoms with Gasteiger partial charge in [-0.1, -0.05) is 20.8 Å². The lowest BCUT2D eigenvalue weighted by Gasteiger charge is -2.22. The lowest BCUT2D eigenvalue weighted by molar-refractivity contribution is 0.554. The molecule has 0 spiro atoms. The molecule has 1 fully saturated rings. The Hall–Kier alpha value is -0.290. The third-order valence-corrected chi connectivity index (χ3v) is 4.54. The highest BCUT2D eigenvalue weighted by Crippen LogP contribution is 2.31. The molecule has 96 valence electrons. The lowest BCUT2D eigenvalue weighted by Crippen LogP contribution is -2.31. The number of nitrogens with zero attached hydrogens (tertiary/aromatic N) is 3. The fourth-order valence-corrected chi connectivity index (χ4v) is 3.78. The maximum atomic E-state index is 4.72. The van der Waals surface area contributed by atoms with Crippen molar-refractivity contribution in [2.75, 3.05) is 23.5 Å². The topological polar surface area (TPSA) is 29.0 Å². The molecule has 1 atom stereocenters. The van der Waals surface area contributed by atoms with E-state index in [9.17, 15) is 0 Å². The van der Waals surface area contributed by atoms with Gasteiger partial charge in [0.15, 0.2) is 0 Å². The van der Waals surface area contributed by atoms with Crippen molar-refractivity contribution >= 4 is 28.4 Å². The SMILES string of the molecule is CSCC1CCCN1c1nc(C(C)(C)C)ns1. The standard InChI is InChI=1S/C12H21N3S2/c1-12(2,3)10-13-11(17-14-10)15-7-5-6-9(15)8-16-4/h9H,5-8H2,1-4H3. The highest BCUT2D eigenvalue weighted by atomic mass is 32.2. The van der Waals surface area contributed by atoms with Crippen molar-refractivity contribution in [2.24, 2.45) is 0 Å². The van der Waals surface area contributed by atoms with Crippen LogP contribution in [0.2, 0.25) is 0 Å². The minimum absolute atomic E-state index is 0.0590. The molecule has 1 aromatic heterocycles. The van der Waals surface area contributed by atoms with Gasteiger partial charge in [-0.3, -0.25) is 0 Å². The summed E-state index contributed by atoms with van der Waals surface area (Å²) in [5, 5.41) is 1.12. The van der Waals surface area contributed by atoms with Crippen molar-refractivity contribution in [3.8, 4) is 0 Å². The average Bonchev–Trinajstić information content (AvgIpc) is 2.82. The van der Waals surface area contributed by atoms with Gasteiger partial charge in [0.1, 0.15) is 5.82 Å². The molecular formula is C12H21N3S2. The molecule has 5 heteroatoms. The molecule has 0 radical (unpaired) electrons. The number of aromatic nitrogens is 2. The Morgan fingerprint density at radius 2 is 2.24 bits per heavy atom. The van der Waals surface area contributed by atoms with Crippen LogP contribution in [-0.2, 0) is 5.41 Å². The maximum absolute atomic E-state index is 4.72. The van der Waals surface area contributed by atoms with Crippen LogP contribution in [0.1, 0.15) is 39.4 Å². The normalized spacial score (nSPS) is 21.2. The summed E-state index contributed by atoms with van der Waals surface area (Å²) < 4.78 is 4.51. The predicted molar refractivity (Wildman–Crippen MR) is 77.4 cm³/mol. The number of anilines is 1. The summed E-state index contributed by atoms with van der Waals surface area (Å²) in [5.41, 5.74) is 0.0590. The van der Waals surface area contributed by atoms with Crippen LogP contribution < -0.4 is 4.90 Å². The predicted octanol–water partition coefficient (Wildman–Crippen LogP) is 3.17. The molecule has 0 bridgehead atoms. The van der Waals surface area contributed by atoms with Gasteiger partial charge in [0.05, 0.1) is 0 Å². The van der Waals surface area contributed by atoms with Gasteiger partial charge in [-0.25, -0.2) is 4.98 Å². The van der Waals surface area contributed by atoms with Crippen molar-refractivity contribution in [3.63, 3.8) is 0 Å². The summed E-state index contributed by atoms with van der Waals surface area (Å²) in [6.07, 6.45) is 4.76. The van der Waals surface area contributed by atoms with Crippen LogP contribution in [0.4, 0.5) is 5.13 Å². The van der Waals surface area contributed by atoms with Crippen LogP contribution in [0.15, 0.2) is 0 Å². The van der Waals surface area contributed by atoms with Gasteiger partial charge in [-0.15, -0.1) is 0 Å². The first-order valence-electron chi connectivity index (χ1n) is 6.12. The number of thioether (sulfide) groups is 1. The second-order valence-corrected chi connectivity index (χ2v) is 7.24. The molecule has 0 saturated carbocycles. The van der Waals surface area contributed by atoms with Gasteiger partial charge in [-0.2, -0.15) is 16.1 Å². The first kappa shape index (κ1) is 13.1. The van der Waals surface area contributed by atoms with Gasteiger partial charge in [0.25, 0.3) is 0 Å². The van der Waals surface area contributed by atoms with E-state index in [2.05, 4.69) is 36.3 Å². The van der Waals surface area contributed by atoms with Crippen molar-refractivity contribution in [1.82, 2.24) is 9.36 Å². The van der Waals surface area contributed by atoms with E-state index in [-0.39, 0.29) is 5.41 Å². The minimum atomic E-state index is 0.0590.